The number of aromatic nitrogens is 6. The van der Waals surface area contributed by atoms with E-state index in [0.717, 1.165) is 15.0 Å². The van der Waals surface area contributed by atoms with Gasteiger partial charge in [0.05, 0.1) is 28.2 Å². The Morgan fingerprint density at radius 1 is 1.17 bits per heavy atom. The van der Waals surface area contributed by atoms with Crippen LogP contribution in [0.2, 0.25) is 5.02 Å². The third-order valence-electron chi connectivity index (χ3n) is 5.05. The third-order valence-corrected chi connectivity index (χ3v) is 5.34. The molecule has 0 bridgehead atoms. The molecule has 3 N–H and O–H groups in total. The minimum absolute atomic E-state index is 0.0517. The highest BCUT2D eigenvalue weighted by molar-refractivity contribution is 6.32. The summed E-state index contributed by atoms with van der Waals surface area (Å²) in [6.45, 7) is 3.21. The predicted octanol–water partition coefficient (Wildman–Crippen LogP) is 3.55. The van der Waals surface area contributed by atoms with Crippen molar-refractivity contribution in [2.45, 2.75) is 26.6 Å². The molecule has 0 aliphatic carbocycles. The zero-order valence-corrected chi connectivity index (χ0v) is 19.6. The maximum atomic E-state index is 13.4. The molecule has 0 aliphatic rings. The van der Waals surface area contributed by atoms with Gasteiger partial charge in [-0.05, 0) is 49.2 Å². The van der Waals surface area contributed by atoms with Gasteiger partial charge in [0.1, 0.15) is 12.2 Å². The molecule has 0 atom stereocenters. The maximum absolute atomic E-state index is 13.4. The van der Waals surface area contributed by atoms with Crippen molar-refractivity contribution in [3.63, 3.8) is 0 Å². The number of primary amides is 1. The Labute approximate surface area is 206 Å². The lowest BCUT2D eigenvalue weighted by Crippen LogP contribution is -2.22. The van der Waals surface area contributed by atoms with Gasteiger partial charge in [0.2, 0.25) is 0 Å². The van der Waals surface area contributed by atoms with Crippen LogP contribution in [-0.4, -0.2) is 41.6 Å². The highest BCUT2D eigenvalue weighted by Gasteiger charge is 2.34. The molecule has 0 fully saturated rings. The Hall–Kier alpha value is -4.26. The normalized spacial score (nSPS) is 11.5. The number of nitrogens with two attached hydrogens (primary N) is 1. The van der Waals surface area contributed by atoms with Gasteiger partial charge >= 0.3 is 6.18 Å². The van der Waals surface area contributed by atoms with Crippen LogP contribution in [0.4, 0.5) is 18.9 Å². The molecule has 0 saturated heterocycles. The fourth-order valence-electron chi connectivity index (χ4n) is 3.52. The van der Waals surface area contributed by atoms with Crippen LogP contribution in [0, 0.1) is 13.8 Å². The number of nitrogens with zero attached hydrogens (tertiary/aromatic N) is 6. The summed E-state index contributed by atoms with van der Waals surface area (Å²) in [5.41, 5.74) is 6.13. The van der Waals surface area contributed by atoms with Crippen molar-refractivity contribution in [3.05, 3.63) is 81.5 Å². The van der Waals surface area contributed by atoms with Crippen LogP contribution < -0.4 is 11.1 Å². The summed E-state index contributed by atoms with van der Waals surface area (Å²) in [7, 11) is 0. The van der Waals surface area contributed by atoms with E-state index in [1.807, 2.05) is 0 Å². The molecule has 0 unspecified atom stereocenters. The van der Waals surface area contributed by atoms with Crippen LogP contribution in [0.5, 0.6) is 0 Å². The lowest BCUT2D eigenvalue weighted by molar-refractivity contribution is -0.141. The second kappa shape index (κ2) is 9.41. The monoisotopic (exact) mass is 518 g/mol. The number of benzene rings is 1. The SMILES string of the molecule is Cc1cc(C)c(NC(=O)c2cc(Cn3ncc(C(F)(F)F)n3)nn2-c2ncccc2Cl)c(C(N)=O)c1. The van der Waals surface area contributed by atoms with E-state index >= 15 is 0 Å². The Morgan fingerprint density at radius 2 is 1.92 bits per heavy atom. The molecule has 0 radical (unpaired) electrons. The quantitative estimate of drug-likeness (QED) is 0.401. The van der Waals surface area contributed by atoms with Crippen LogP contribution in [0.1, 0.15) is 43.4 Å². The second-order valence-electron chi connectivity index (χ2n) is 7.82. The van der Waals surface area contributed by atoms with E-state index in [1.165, 1.54) is 18.3 Å². The van der Waals surface area contributed by atoms with Crippen molar-refractivity contribution in [1.29, 1.82) is 0 Å². The summed E-state index contributed by atoms with van der Waals surface area (Å²) in [6.07, 6.45) is -2.63. The van der Waals surface area contributed by atoms with E-state index in [1.54, 1.807) is 32.0 Å². The molecule has 4 aromatic rings. The molecular formula is C22H18ClF3N8O2. The Bertz CT molecular complexity index is 1480. The molecule has 0 saturated carbocycles. The smallest absolute Gasteiger partial charge is 0.366 e. The standard InChI is InChI=1S/C22H18ClF3N8O2/c1-11-6-12(2)18(14(7-11)19(27)35)30-21(36)16-8-13(10-33-29-9-17(32-33)22(24,25)26)31-34(16)20-15(23)4-3-5-28-20/h3-9H,10H2,1-2H3,(H2,27,35)(H,30,36). The van der Waals surface area contributed by atoms with Gasteiger partial charge in [-0.25, -0.2) is 9.67 Å². The topological polar surface area (TPSA) is 134 Å². The molecule has 0 aliphatic heterocycles. The van der Waals surface area contributed by atoms with Gasteiger partial charge in [-0.15, -0.1) is 5.10 Å². The zero-order valence-electron chi connectivity index (χ0n) is 18.8. The number of amides is 2. The minimum atomic E-state index is -4.66. The molecule has 0 spiro atoms. The number of carbonyl (C=O) groups is 2. The number of anilines is 1. The van der Waals surface area contributed by atoms with Gasteiger partial charge in [-0.2, -0.15) is 28.2 Å². The first kappa shape index (κ1) is 24.9. The summed E-state index contributed by atoms with van der Waals surface area (Å²) in [5.74, 6) is -1.31. The Morgan fingerprint density at radius 3 is 2.56 bits per heavy atom. The summed E-state index contributed by atoms with van der Waals surface area (Å²) in [5, 5.41) is 14.2. The number of halogens is 4. The number of nitrogens with one attached hydrogen (secondary N) is 1. The number of carbonyl (C=O) groups excluding carboxylic acids is 2. The average molecular weight is 519 g/mol. The number of pyridine rings is 1. The van der Waals surface area contributed by atoms with Crippen molar-refractivity contribution in [1.82, 2.24) is 29.8 Å². The van der Waals surface area contributed by atoms with Gasteiger partial charge in [0, 0.05) is 6.20 Å². The lowest BCUT2D eigenvalue weighted by atomic mass is 10.0. The van der Waals surface area contributed by atoms with Crippen LogP contribution in [-0.2, 0) is 12.7 Å². The number of hydrogen-bond donors (Lipinski definition) is 2. The van der Waals surface area contributed by atoms with Crippen molar-refractivity contribution >= 4 is 29.1 Å². The first-order chi connectivity index (χ1) is 16.9. The first-order valence-electron chi connectivity index (χ1n) is 10.3. The molecule has 3 heterocycles. The van der Waals surface area contributed by atoms with Crippen molar-refractivity contribution in [2.75, 3.05) is 5.32 Å². The summed E-state index contributed by atoms with van der Waals surface area (Å²) < 4.78 is 39.8. The van der Waals surface area contributed by atoms with E-state index in [2.05, 4.69) is 25.6 Å². The summed E-state index contributed by atoms with van der Waals surface area (Å²) in [6, 6.07) is 7.77. The van der Waals surface area contributed by atoms with E-state index in [0.29, 0.717) is 11.8 Å². The van der Waals surface area contributed by atoms with Gasteiger partial charge < -0.3 is 11.1 Å². The number of aryl methyl sites for hydroxylation is 2. The summed E-state index contributed by atoms with van der Waals surface area (Å²) >= 11 is 6.26. The van der Waals surface area contributed by atoms with Crippen LogP contribution in [0.3, 0.4) is 0 Å². The van der Waals surface area contributed by atoms with E-state index in [-0.39, 0.29) is 40.0 Å². The van der Waals surface area contributed by atoms with Crippen molar-refractivity contribution in [3.8, 4) is 5.82 Å². The van der Waals surface area contributed by atoms with Crippen molar-refractivity contribution < 1.29 is 22.8 Å². The number of alkyl halides is 3. The molecule has 36 heavy (non-hydrogen) atoms. The first-order valence-corrected chi connectivity index (χ1v) is 10.7. The van der Waals surface area contributed by atoms with Gasteiger partial charge in [-0.3, -0.25) is 9.59 Å². The minimum Gasteiger partial charge on any atom is -0.366 e. The van der Waals surface area contributed by atoms with Gasteiger partial charge in [-0.1, -0.05) is 17.7 Å². The highest BCUT2D eigenvalue weighted by atomic mass is 35.5. The molecule has 2 amide bonds. The fourth-order valence-corrected chi connectivity index (χ4v) is 3.72. The van der Waals surface area contributed by atoms with E-state index < -0.39 is 23.7 Å². The molecular weight excluding hydrogens is 501 g/mol. The highest BCUT2D eigenvalue weighted by Crippen LogP contribution is 2.27. The largest absolute Gasteiger partial charge is 0.436 e. The van der Waals surface area contributed by atoms with Crippen LogP contribution >= 0.6 is 11.6 Å². The van der Waals surface area contributed by atoms with Crippen LogP contribution in [0.15, 0.2) is 42.7 Å². The Balaban J connectivity index is 1.75. The molecule has 4 rings (SSSR count). The fraction of sp³-hybridized carbons (Fsp3) is 0.182. The van der Waals surface area contributed by atoms with E-state index in [4.69, 9.17) is 17.3 Å². The second-order valence-corrected chi connectivity index (χ2v) is 8.23. The molecule has 1 aromatic carbocycles. The summed E-state index contributed by atoms with van der Waals surface area (Å²) in [4.78, 5) is 30.3. The van der Waals surface area contributed by atoms with Gasteiger partial charge in [0.15, 0.2) is 11.5 Å². The lowest BCUT2D eigenvalue weighted by Gasteiger charge is -2.14. The maximum Gasteiger partial charge on any atom is 0.436 e. The molecule has 14 heteroatoms. The predicted molar refractivity (Wildman–Crippen MR) is 123 cm³/mol. The molecule has 10 nitrogen and oxygen atoms in total. The van der Waals surface area contributed by atoms with Crippen LogP contribution in [0.25, 0.3) is 5.82 Å². The van der Waals surface area contributed by atoms with E-state index in [9.17, 15) is 22.8 Å². The van der Waals surface area contributed by atoms with Gasteiger partial charge in [0.25, 0.3) is 11.8 Å². The molecule has 186 valence electrons. The number of hydrogen-bond acceptors (Lipinski definition) is 6. The average Bonchev–Trinajstić information content (AvgIpc) is 3.43. The third kappa shape index (κ3) is 5.05. The Kier molecular flexibility index (Phi) is 6.50. The van der Waals surface area contributed by atoms with Crippen molar-refractivity contribution in [2.24, 2.45) is 5.73 Å². The molecule has 3 aromatic heterocycles. The number of rotatable bonds is 6. The zero-order chi connectivity index (χ0) is 26.2.